The molecular formula is C19H18N2. The minimum Gasteiger partial charge on any atom is -0.366 e. The van der Waals surface area contributed by atoms with E-state index in [0.29, 0.717) is 0 Å². The minimum absolute atomic E-state index is 0.790. The van der Waals surface area contributed by atoms with Gasteiger partial charge in [-0.15, -0.1) is 0 Å². The molecule has 1 heterocycles. The van der Waals surface area contributed by atoms with Gasteiger partial charge in [0, 0.05) is 18.3 Å². The molecule has 0 saturated heterocycles. The molecule has 2 heteroatoms. The van der Waals surface area contributed by atoms with Gasteiger partial charge in [-0.3, -0.25) is 0 Å². The van der Waals surface area contributed by atoms with Gasteiger partial charge in [0.05, 0.1) is 0 Å². The number of aryl methyl sites for hydroxylation is 1. The lowest BCUT2D eigenvalue weighted by atomic mass is 10.1. The highest BCUT2D eigenvalue weighted by molar-refractivity contribution is 5.63. The average molecular weight is 274 g/mol. The van der Waals surface area contributed by atoms with Gasteiger partial charge in [0.25, 0.3) is 0 Å². The molecule has 2 nitrogen and oxygen atoms in total. The molecule has 0 unspecified atom stereocenters. The lowest BCUT2D eigenvalue weighted by Crippen LogP contribution is -2.01. The molecule has 104 valence electrons. The van der Waals surface area contributed by atoms with Crippen LogP contribution in [-0.2, 0) is 6.54 Å². The summed E-state index contributed by atoms with van der Waals surface area (Å²) in [5.74, 6) is 0.898. The van der Waals surface area contributed by atoms with Gasteiger partial charge in [0.15, 0.2) is 0 Å². The van der Waals surface area contributed by atoms with Crippen molar-refractivity contribution < 1.29 is 0 Å². The molecule has 0 amide bonds. The van der Waals surface area contributed by atoms with Gasteiger partial charge in [-0.25, -0.2) is 4.98 Å². The highest BCUT2D eigenvalue weighted by Crippen LogP contribution is 2.19. The predicted molar refractivity (Wildman–Crippen MR) is 88.2 cm³/mol. The van der Waals surface area contributed by atoms with E-state index in [1.807, 2.05) is 30.5 Å². The van der Waals surface area contributed by atoms with Crippen LogP contribution in [0, 0.1) is 6.92 Å². The monoisotopic (exact) mass is 274 g/mol. The fraction of sp³-hybridized carbons (Fsp3) is 0.105. The summed E-state index contributed by atoms with van der Waals surface area (Å²) in [7, 11) is 0. The molecule has 1 aromatic heterocycles. The first-order valence-corrected chi connectivity index (χ1v) is 7.12. The van der Waals surface area contributed by atoms with Crippen LogP contribution in [0.2, 0.25) is 0 Å². The van der Waals surface area contributed by atoms with Crippen LogP contribution in [0.3, 0.4) is 0 Å². The number of nitrogens with one attached hydrogen (secondary N) is 1. The summed E-state index contributed by atoms with van der Waals surface area (Å²) in [6.07, 6.45) is 1.91. The Morgan fingerprint density at radius 1 is 0.810 bits per heavy atom. The summed E-state index contributed by atoms with van der Waals surface area (Å²) >= 11 is 0. The van der Waals surface area contributed by atoms with E-state index >= 15 is 0 Å². The first kappa shape index (κ1) is 13.4. The normalized spacial score (nSPS) is 10.3. The number of aromatic nitrogens is 1. The van der Waals surface area contributed by atoms with Crippen LogP contribution < -0.4 is 5.32 Å². The average Bonchev–Trinajstić information content (AvgIpc) is 2.56. The molecule has 1 N–H and O–H groups in total. The van der Waals surface area contributed by atoms with Crippen LogP contribution in [0.5, 0.6) is 0 Å². The smallest absolute Gasteiger partial charge is 0.126 e. The van der Waals surface area contributed by atoms with Crippen molar-refractivity contribution in [3.8, 4) is 11.1 Å². The Hall–Kier alpha value is -2.61. The van der Waals surface area contributed by atoms with Crippen molar-refractivity contribution in [2.75, 3.05) is 5.32 Å². The third kappa shape index (κ3) is 3.48. The van der Waals surface area contributed by atoms with Crippen molar-refractivity contribution in [3.05, 3.63) is 84.1 Å². The summed E-state index contributed by atoms with van der Waals surface area (Å²) in [5.41, 5.74) is 4.87. The maximum Gasteiger partial charge on any atom is 0.126 e. The summed E-state index contributed by atoms with van der Waals surface area (Å²) in [6.45, 7) is 2.89. The van der Waals surface area contributed by atoms with Crippen molar-refractivity contribution in [2.24, 2.45) is 0 Å². The zero-order valence-electron chi connectivity index (χ0n) is 12.1. The van der Waals surface area contributed by atoms with Gasteiger partial charge < -0.3 is 5.32 Å². The SMILES string of the molecule is Cc1ccc(CNc2ccc(-c3ccccc3)cn2)cc1. The van der Waals surface area contributed by atoms with E-state index < -0.39 is 0 Å². The van der Waals surface area contributed by atoms with E-state index in [0.717, 1.165) is 17.9 Å². The van der Waals surface area contributed by atoms with Crippen molar-refractivity contribution in [1.82, 2.24) is 4.98 Å². The molecule has 3 rings (SSSR count). The van der Waals surface area contributed by atoms with Crippen LogP contribution in [0.25, 0.3) is 11.1 Å². The van der Waals surface area contributed by atoms with Gasteiger partial charge in [-0.2, -0.15) is 0 Å². The largest absolute Gasteiger partial charge is 0.366 e. The van der Waals surface area contributed by atoms with Crippen LogP contribution in [0.1, 0.15) is 11.1 Å². The third-order valence-electron chi connectivity index (χ3n) is 3.46. The number of rotatable bonds is 4. The molecule has 0 atom stereocenters. The van der Waals surface area contributed by atoms with Gasteiger partial charge in [-0.05, 0) is 30.2 Å². The Kier molecular flexibility index (Phi) is 3.97. The van der Waals surface area contributed by atoms with Crippen molar-refractivity contribution in [1.29, 1.82) is 0 Å². The van der Waals surface area contributed by atoms with E-state index in [4.69, 9.17) is 0 Å². The predicted octanol–water partition coefficient (Wildman–Crippen LogP) is 4.67. The van der Waals surface area contributed by atoms with Gasteiger partial charge in [-0.1, -0.05) is 60.2 Å². The fourth-order valence-corrected chi connectivity index (χ4v) is 2.20. The number of hydrogen-bond acceptors (Lipinski definition) is 2. The van der Waals surface area contributed by atoms with Crippen LogP contribution in [0.4, 0.5) is 5.82 Å². The molecule has 0 spiro atoms. The molecule has 0 aliphatic heterocycles. The zero-order valence-corrected chi connectivity index (χ0v) is 12.1. The molecule has 0 fully saturated rings. The third-order valence-corrected chi connectivity index (χ3v) is 3.46. The maximum absolute atomic E-state index is 4.48. The van der Waals surface area contributed by atoms with E-state index in [1.54, 1.807) is 0 Å². The molecular weight excluding hydrogens is 256 g/mol. The second-order valence-electron chi connectivity index (χ2n) is 5.14. The minimum atomic E-state index is 0.790. The lowest BCUT2D eigenvalue weighted by Gasteiger charge is -2.07. The molecule has 3 aromatic rings. The fourth-order valence-electron chi connectivity index (χ4n) is 2.20. The van der Waals surface area contributed by atoms with Gasteiger partial charge in [0.1, 0.15) is 5.82 Å². The number of anilines is 1. The molecule has 0 aliphatic rings. The first-order valence-electron chi connectivity index (χ1n) is 7.12. The van der Waals surface area contributed by atoms with Crippen LogP contribution >= 0.6 is 0 Å². The lowest BCUT2D eigenvalue weighted by molar-refractivity contribution is 1.11. The second-order valence-corrected chi connectivity index (χ2v) is 5.14. The molecule has 21 heavy (non-hydrogen) atoms. The molecule has 0 radical (unpaired) electrons. The topological polar surface area (TPSA) is 24.9 Å². The van der Waals surface area contributed by atoms with E-state index in [1.165, 1.54) is 16.7 Å². The molecule has 0 aliphatic carbocycles. The van der Waals surface area contributed by atoms with E-state index in [2.05, 4.69) is 59.7 Å². The van der Waals surface area contributed by atoms with Crippen molar-refractivity contribution in [2.45, 2.75) is 13.5 Å². The Labute approximate surface area is 125 Å². The number of pyridine rings is 1. The Morgan fingerprint density at radius 3 is 2.24 bits per heavy atom. The molecule has 0 bridgehead atoms. The summed E-state index contributed by atoms with van der Waals surface area (Å²) in [5, 5.41) is 3.35. The number of hydrogen-bond donors (Lipinski definition) is 1. The van der Waals surface area contributed by atoms with Crippen molar-refractivity contribution >= 4 is 5.82 Å². The zero-order chi connectivity index (χ0) is 14.5. The van der Waals surface area contributed by atoms with Crippen LogP contribution in [0.15, 0.2) is 72.9 Å². The van der Waals surface area contributed by atoms with Gasteiger partial charge >= 0.3 is 0 Å². The Balaban J connectivity index is 1.66. The number of benzene rings is 2. The highest BCUT2D eigenvalue weighted by Gasteiger charge is 1.99. The standard InChI is InChI=1S/C19H18N2/c1-15-7-9-16(10-8-15)13-20-19-12-11-18(14-21-19)17-5-3-2-4-6-17/h2-12,14H,13H2,1H3,(H,20,21). The molecule has 0 saturated carbocycles. The van der Waals surface area contributed by atoms with Crippen molar-refractivity contribution in [3.63, 3.8) is 0 Å². The molecule has 2 aromatic carbocycles. The quantitative estimate of drug-likeness (QED) is 0.748. The van der Waals surface area contributed by atoms with E-state index in [9.17, 15) is 0 Å². The Morgan fingerprint density at radius 2 is 1.57 bits per heavy atom. The summed E-state index contributed by atoms with van der Waals surface area (Å²) < 4.78 is 0. The van der Waals surface area contributed by atoms with E-state index in [-0.39, 0.29) is 0 Å². The van der Waals surface area contributed by atoms with Crippen LogP contribution in [-0.4, -0.2) is 4.98 Å². The summed E-state index contributed by atoms with van der Waals surface area (Å²) in [4.78, 5) is 4.48. The number of nitrogens with zero attached hydrogens (tertiary/aromatic N) is 1. The highest BCUT2D eigenvalue weighted by atomic mass is 15.0. The second kappa shape index (κ2) is 6.23. The Bertz CT molecular complexity index is 686. The van der Waals surface area contributed by atoms with Gasteiger partial charge in [0.2, 0.25) is 0 Å². The summed E-state index contributed by atoms with van der Waals surface area (Å²) in [6, 6.07) is 22.9. The maximum atomic E-state index is 4.48. The first-order chi connectivity index (χ1) is 10.3.